The lowest BCUT2D eigenvalue weighted by atomic mass is 10.0. The van der Waals surface area contributed by atoms with Crippen LogP contribution in [0.1, 0.15) is 35.5 Å². The summed E-state index contributed by atoms with van der Waals surface area (Å²) in [4.78, 5) is 17.7. The number of hydrogen-bond donors (Lipinski definition) is 1. The number of urea groups is 1. The van der Waals surface area contributed by atoms with Gasteiger partial charge in [0.25, 0.3) is 0 Å². The maximum atomic E-state index is 13.3. The zero-order chi connectivity index (χ0) is 22.5. The summed E-state index contributed by atoms with van der Waals surface area (Å²) in [5.41, 5.74) is 3.22. The van der Waals surface area contributed by atoms with E-state index in [1.165, 1.54) is 5.56 Å². The maximum Gasteiger partial charge on any atom is 0.322 e. The molecular formula is C26H30BrN3O2. The number of rotatable bonds is 6. The molecule has 0 atom stereocenters. The molecule has 0 saturated carbocycles. The smallest absolute Gasteiger partial charge is 0.322 e. The number of nitrogens with one attached hydrogen (secondary N) is 1. The quantitative estimate of drug-likeness (QED) is 0.432. The minimum absolute atomic E-state index is 0.0812. The van der Waals surface area contributed by atoms with Crippen LogP contribution in [0, 0.1) is 13.8 Å². The molecule has 1 aromatic heterocycles. The fourth-order valence-corrected chi connectivity index (χ4v) is 4.50. The van der Waals surface area contributed by atoms with Gasteiger partial charge in [-0.1, -0.05) is 46.3 Å². The van der Waals surface area contributed by atoms with Gasteiger partial charge in [-0.25, -0.2) is 4.79 Å². The van der Waals surface area contributed by atoms with Gasteiger partial charge in [0.05, 0.1) is 6.54 Å². The fraction of sp³-hybridized carbons (Fsp3) is 0.346. The molecule has 1 saturated heterocycles. The standard InChI is InChI=1S/C26H30BrN3O2/c1-19-16-22(9-11-25(19)27)28-26(31)30(18-24-10-8-20(2)32-24)23-12-14-29(15-13-23)17-21-6-4-3-5-7-21/h3-11,16,23H,12-15,17-18H2,1-2H3,(H,28,31). The van der Waals surface area contributed by atoms with Crippen LogP contribution in [0.2, 0.25) is 0 Å². The van der Waals surface area contributed by atoms with E-state index in [-0.39, 0.29) is 12.1 Å². The Morgan fingerprint density at radius 1 is 1.09 bits per heavy atom. The third-order valence-corrected chi connectivity index (χ3v) is 6.93. The summed E-state index contributed by atoms with van der Waals surface area (Å²) in [7, 11) is 0. The molecule has 1 aliphatic heterocycles. The molecule has 0 radical (unpaired) electrons. The topological polar surface area (TPSA) is 48.7 Å². The summed E-state index contributed by atoms with van der Waals surface area (Å²) in [5.74, 6) is 1.68. The van der Waals surface area contributed by atoms with Crippen molar-refractivity contribution in [2.24, 2.45) is 0 Å². The average molecular weight is 496 g/mol. The lowest BCUT2D eigenvalue weighted by Crippen LogP contribution is -2.48. The average Bonchev–Trinajstić information content (AvgIpc) is 3.21. The van der Waals surface area contributed by atoms with Gasteiger partial charge in [0, 0.05) is 35.8 Å². The van der Waals surface area contributed by atoms with Crippen LogP contribution in [-0.2, 0) is 13.1 Å². The highest BCUT2D eigenvalue weighted by Crippen LogP contribution is 2.24. The summed E-state index contributed by atoms with van der Waals surface area (Å²) in [6, 6.07) is 20.4. The predicted octanol–water partition coefficient (Wildman–Crippen LogP) is 6.36. The van der Waals surface area contributed by atoms with Gasteiger partial charge in [-0.15, -0.1) is 0 Å². The normalized spacial score (nSPS) is 15.0. The van der Waals surface area contributed by atoms with Gasteiger partial charge in [0.2, 0.25) is 0 Å². The number of hydrogen-bond acceptors (Lipinski definition) is 3. The van der Waals surface area contributed by atoms with Crippen molar-refractivity contribution in [3.8, 4) is 0 Å². The third-order valence-electron chi connectivity index (χ3n) is 6.04. The van der Waals surface area contributed by atoms with Crippen molar-refractivity contribution < 1.29 is 9.21 Å². The lowest BCUT2D eigenvalue weighted by Gasteiger charge is -2.38. The second-order valence-electron chi connectivity index (χ2n) is 8.53. The highest BCUT2D eigenvalue weighted by Gasteiger charge is 2.29. The Kier molecular flexibility index (Phi) is 7.33. The van der Waals surface area contributed by atoms with E-state index in [0.29, 0.717) is 6.54 Å². The number of benzene rings is 2. The van der Waals surface area contributed by atoms with Crippen LogP contribution < -0.4 is 5.32 Å². The van der Waals surface area contributed by atoms with E-state index < -0.39 is 0 Å². The molecule has 32 heavy (non-hydrogen) atoms. The Morgan fingerprint density at radius 2 is 1.84 bits per heavy atom. The van der Waals surface area contributed by atoms with Crippen molar-refractivity contribution in [3.63, 3.8) is 0 Å². The fourth-order valence-electron chi connectivity index (χ4n) is 4.25. The van der Waals surface area contributed by atoms with Crippen molar-refractivity contribution in [1.82, 2.24) is 9.80 Å². The Hall–Kier alpha value is -2.57. The van der Waals surface area contributed by atoms with Crippen molar-refractivity contribution in [2.75, 3.05) is 18.4 Å². The van der Waals surface area contributed by atoms with Crippen molar-refractivity contribution in [3.05, 3.63) is 87.8 Å². The first-order valence-corrected chi connectivity index (χ1v) is 11.9. The summed E-state index contributed by atoms with van der Waals surface area (Å²) in [5, 5.41) is 3.10. The van der Waals surface area contributed by atoms with E-state index in [2.05, 4.69) is 56.5 Å². The molecular weight excluding hydrogens is 466 g/mol. The van der Waals surface area contributed by atoms with E-state index >= 15 is 0 Å². The first-order chi connectivity index (χ1) is 15.5. The summed E-state index contributed by atoms with van der Waals surface area (Å²) < 4.78 is 6.83. The predicted molar refractivity (Wildman–Crippen MR) is 132 cm³/mol. The first-order valence-electron chi connectivity index (χ1n) is 11.1. The van der Waals surface area contributed by atoms with Crippen LogP contribution in [-0.4, -0.2) is 35.0 Å². The van der Waals surface area contributed by atoms with Gasteiger partial charge < -0.3 is 14.6 Å². The van der Waals surface area contributed by atoms with Gasteiger partial charge in [-0.2, -0.15) is 0 Å². The molecule has 168 valence electrons. The summed E-state index contributed by atoms with van der Waals surface area (Å²) in [6.07, 6.45) is 1.89. The molecule has 1 N–H and O–H groups in total. The first kappa shape index (κ1) is 22.6. The maximum absolute atomic E-state index is 13.3. The number of carbonyl (C=O) groups excluding carboxylic acids is 1. The van der Waals surface area contributed by atoms with E-state index in [4.69, 9.17) is 4.42 Å². The monoisotopic (exact) mass is 495 g/mol. The number of nitrogens with zero attached hydrogens (tertiary/aromatic N) is 2. The van der Waals surface area contributed by atoms with Crippen molar-refractivity contribution in [1.29, 1.82) is 0 Å². The molecule has 3 aromatic rings. The largest absolute Gasteiger partial charge is 0.464 e. The van der Waals surface area contributed by atoms with E-state index in [0.717, 1.165) is 59.7 Å². The molecule has 4 rings (SSSR count). The van der Waals surface area contributed by atoms with E-state index in [9.17, 15) is 4.79 Å². The van der Waals surface area contributed by atoms with Crippen LogP contribution in [0.15, 0.2) is 69.6 Å². The molecule has 1 aliphatic rings. The molecule has 0 unspecified atom stereocenters. The van der Waals surface area contributed by atoms with Gasteiger partial charge in [0.1, 0.15) is 11.5 Å². The van der Waals surface area contributed by atoms with Crippen molar-refractivity contribution in [2.45, 2.75) is 45.8 Å². The number of carbonyl (C=O) groups is 1. The summed E-state index contributed by atoms with van der Waals surface area (Å²) in [6.45, 7) is 7.32. The minimum atomic E-state index is -0.0812. The molecule has 0 spiro atoms. The SMILES string of the molecule is Cc1ccc(CN(C(=O)Nc2ccc(Br)c(C)c2)C2CCN(Cc3ccccc3)CC2)o1. The Bertz CT molecular complexity index is 1040. The molecule has 1 fully saturated rings. The number of piperidine rings is 1. The third kappa shape index (κ3) is 5.81. The van der Waals surface area contributed by atoms with Gasteiger partial charge >= 0.3 is 6.03 Å². The number of likely N-dealkylation sites (tertiary alicyclic amines) is 1. The van der Waals surface area contributed by atoms with Crippen LogP contribution in [0.3, 0.4) is 0 Å². The summed E-state index contributed by atoms with van der Waals surface area (Å²) >= 11 is 3.52. The highest BCUT2D eigenvalue weighted by atomic mass is 79.9. The molecule has 2 amide bonds. The Morgan fingerprint density at radius 3 is 2.50 bits per heavy atom. The van der Waals surface area contributed by atoms with Crippen LogP contribution in [0.25, 0.3) is 0 Å². The Labute approximate surface area is 198 Å². The van der Waals surface area contributed by atoms with Crippen LogP contribution in [0.4, 0.5) is 10.5 Å². The van der Waals surface area contributed by atoms with Gasteiger partial charge in [0.15, 0.2) is 0 Å². The molecule has 5 nitrogen and oxygen atoms in total. The molecule has 6 heteroatoms. The number of aryl methyl sites for hydroxylation is 2. The molecule has 2 aromatic carbocycles. The zero-order valence-electron chi connectivity index (χ0n) is 18.7. The molecule has 0 bridgehead atoms. The minimum Gasteiger partial charge on any atom is -0.464 e. The molecule has 2 heterocycles. The number of halogens is 1. The van der Waals surface area contributed by atoms with Gasteiger partial charge in [-0.05, 0) is 68.1 Å². The number of amides is 2. The van der Waals surface area contributed by atoms with Crippen LogP contribution >= 0.6 is 15.9 Å². The zero-order valence-corrected chi connectivity index (χ0v) is 20.3. The second kappa shape index (κ2) is 10.4. The highest BCUT2D eigenvalue weighted by molar-refractivity contribution is 9.10. The second-order valence-corrected chi connectivity index (χ2v) is 9.38. The molecule has 0 aliphatic carbocycles. The van der Waals surface area contributed by atoms with Gasteiger partial charge in [-0.3, -0.25) is 4.90 Å². The lowest BCUT2D eigenvalue weighted by molar-refractivity contribution is 0.115. The number of furan rings is 1. The number of anilines is 1. The van der Waals surface area contributed by atoms with E-state index in [1.54, 1.807) is 0 Å². The van der Waals surface area contributed by atoms with Crippen molar-refractivity contribution >= 4 is 27.6 Å². The Balaban J connectivity index is 1.44. The van der Waals surface area contributed by atoms with E-state index in [1.807, 2.05) is 49.1 Å². The van der Waals surface area contributed by atoms with Crippen LogP contribution in [0.5, 0.6) is 0 Å².